The third kappa shape index (κ3) is 5.27. The topological polar surface area (TPSA) is 78.6 Å². The maximum absolute atomic E-state index is 12.7. The maximum Gasteiger partial charge on any atom is 0.181 e. The molecule has 8 heteroatoms. The molecular weight excluding hydrogens is 431 g/mol. The van der Waals surface area contributed by atoms with Gasteiger partial charge in [-0.25, -0.2) is 19.9 Å². The Labute approximate surface area is 200 Å². The standard InChI is InChI=1S/C15H19FN4.C11H16N2O/c1-9-10(2)20-15-14(19-9)13(17-8-18-15)12-5-3-11(7-16)4-6-12;1-2-6-14-11(3-1)9-7-12-13(8-9)10-4-5-10/h8,11-12H,3-7H2,1-2H3;7-8,10-11H,1-6H2. The van der Waals surface area contributed by atoms with Crippen molar-refractivity contribution < 1.29 is 9.13 Å². The predicted octanol–water partition coefficient (Wildman–Crippen LogP) is 5.74. The highest BCUT2D eigenvalue weighted by atomic mass is 19.1. The summed E-state index contributed by atoms with van der Waals surface area (Å²) in [5, 5.41) is 4.39. The normalized spacial score (nSPS) is 25.1. The molecule has 3 aromatic rings. The zero-order valence-corrected chi connectivity index (χ0v) is 20.3. The average molecular weight is 467 g/mol. The van der Waals surface area contributed by atoms with E-state index in [1.54, 1.807) is 6.33 Å². The molecule has 2 saturated carbocycles. The molecule has 3 aliphatic rings. The molecule has 7 nitrogen and oxygen atoms in total. The van der Waals surface area contributed by atoms with Gasteiger partial charge in [0.2, 0.25) is 0 Å². The van der Waals surface area contributed by atoms with Crippen molar-refractivity contribution >= 4 is 11.2 Å². The summed E-state index contributed by atoms with van der Waals surface area (Å²) in [5.74, 6) is 0.592. The molecule has 0 amide bonds. The van der Waals surface area contributed by atoms with E-state index in [0.29, 0.717) is 23.7 Å². The number of nitrogens with zero attached hydrogens (tertiary/aromatic N) is 6. The van der Waals surface area contributed by atoms with Crippen LogP contribution in [0.3, 0.4) is 0 Å². The lowest BCUT2D eigenvalue weighted by molar-refractivity contribution is 0.0149. The van der Waals surface area contributed by atoms with Gasteiger partial charge in [0.05, 0.1) is 42.1 Å². The number of rotatable bonds is 4. The first kappa shape index (κ1) is 23.3. The Bertz CT molecular complexity index is 1100. The van der Waals surface area contributed by atoms with Crippen molar-refractivity contribution in [3.05, 3.63) is 41.4 Å². The van der Waals surface area contributed by atoms with Gasteiger partial charge in [-0.15, -0.1) is 0 Å². The van der Waals surface area contributed by atoms with Crippen LogP contribution in [0.1, 0.15) is 98.5 Å². The Hall–Kier alpha value is -2.48. The second kappa shape index (κ2) is 10.4. The van der Waals surface area contributed by atoms with Crippen LogP contribution >= 0.6 is 0 Å². The van der Waals surface area contributed by atoms with Crippen molar-refractivity contribution in [3.8, 4) is 0 Å². The summed E-state index contributed by atoms with van der Waals surface area (Å²) in [7, 11) is 0. The minimum absolute atomic E-state index is 0.199. The molecular formula is C26H35FN6O. The van der Waals surface area contributed by atoms with Crippen molar-refractivity contribution in [2.75, 3.05) is 13.3 Å². The summed E-state index contributed by atoms with van der Waals surface area (Å²) >= 11 is 0. The quantitative estimate of drug-likeness (QED) is 0.488. The van der Waals surface area contributed by atoms with Gasteiger partial charge in [0.1, 0.15) is 11.8 Å². The van der Waals surface area contributed by atoms with Crippen LogP contribution in [-0.2, 0) is 4.74 Å². The van der Waals surface area contributed by atoms with E-state index < -0.39 is 0 Å². The minimum Gasteiger partial charge on any atom is -0.373 e. The van der Waals surface area contributed by atoms with Crippen molar-refractivity contribution in [2.45, 2.75) is 89.7 Å². The fourth-order valence-corrected chi connectivity index (χ4v) is 5.01. The van der Waals surface area contributed by atoms with Gasteiger partial charge in [-0.05, 0) is 77.6 Å². The van der Waals surface area contributed by atoms with Gasteiger partial charge >= 0.3 is 0 Å². The van der Waals surface area contributed by atoms with Crippen molar-refractivity contribution in [1.29, 1.82) is 0 Å². The van der Waals surface area contributed by atoms with Crippen LogP contribution in [0.4, 0.5) is 4.39 Å². The van der Waals surface area contributed by atoms with E-state index in [1.165, 1.54) is 31.2 Å². The van der Waals surface area contributed by atoms with Crippen molar-refractivity contribution in [3.63, 3.8) is 0 Å². The summed E-state index contributed by atoms with van der Waals surface area (Å²) in [5.41, 5.74) is 5.58. The first-order valence-electron chi connectivity index (χ1n) is 12.8. The largest absolute Gasteiger partial charge is 0.373 e. The van der Waals surface area contributed by atoms with E-state index in [9.17, 15) is 4.39 Å². The highest BCUT2D eigenvalue weighted by molar-refractivity contribution is 5.73. The number of aryl methyl sites for hydroxylation is 2. The second-order valence-corrected chi connectivity index (χ2v) is 10.0. The van der Waals surface area contributed by atoms with Crippen LogP contribution in [0, 0.1) is 19.8 Å². The lowest BCUT2D eigenvalue weighted by atomic mass is 9.81. The van der Waals surface area contributed by atoms with E-state index >= 15 is 0 Å². The second-order valence-electron chi connectivity index (χ2n) is 10.0. The van der Waals surface area contributed by atoms with E-state index in [1.807, 2.05) is 20.0 Å². The smallest absolute Gasteiger partial charge is 0.181 e. The van der Waals surface area contributed by atoms with E-state index in [0.717, 1.165) is 61.3 Å². The van der Waals surface area contributed by atoms with Gasteiger partial charge in [-0.1, -0.05) is 0 Å². The molecule has 182 valence electrons. The molecule has 1 saturated heterocycles. The maximum atomic E-state index is 12.7. The van der Waals surface area contributed by atoms with E-state index in [-0.39, 0.29) is 12.6 Å². The Morgan fingerprint density at radius 2 is 1.76 bits per heavy atom. The summed E-state index contributed by atoms with van der Waals surface area (Å²) in [6.45, 7) is 4.61. The Morgan fingerprint density at radius 3 is 2.47 bits per heavy atom. The molecule has 1 aliphatic heterocycles. The van der Waals surface area contributed by atoms with Gasteiger partial charge < -0.3 is 4.74 Å². The third-order valence-electron chi connectivity index (χ3n) is 7.45. The summed E-state index contributed by atoms with van der Waals surface area (Å²) in [4.78, 5) is 17.8. The Kier molecular flexibility index (Phi) is 7.13. The summed E-state index contributed by atoms with van der Waals surface area (Å²) in [6.07, 6.45) is 16.1. The number of alkyl halides is 1. The van der Waals surface area contributed by atoms with E-state index in [2.05, 4.69) is 35.9 Å². The number of ether oxygens (including phenoxy) is 1. The van der Waals surface area contributed by atoms with Crippen LogP contribution in [0.15, 0.2) is 18.7 Å². The molecule has 3 aromatic heterocycles. The molecule has 0 radical (unpaired) electrons. The number of fused-ring (bicyclic) bond motifs is 1. The third-order valence-corrected chi connectivity index (χ3v) is 7.45. The highest BCUT2D eigenvalue weighted by Gasteiger charge is 2.27. The highest BCUT2D eigenvalue weighted by Crippen LogP contribution is 2.37. The molecule has 0 spiro atoms. The van der Waals surface area contributed by atoms with Crippen molar-refractivity contribution in [2.24, 2.45) is 5.92 Å². The molecule has 1 unspecified atom stereocenters. The Morgan fingerprint density at radius 1 is 0.971 bits per heavy atom. The van der Waals surface area contributed by atoms with Crippen LogP contribution in [0.2, 0.25) is 0 Å². The minimum atomic E-state index is -0.199. The molecule has 6 rings (SSSR count). The lowest BCUT2D eigenvalue weighted by Gasteiger charge is -2.26. The van der Waals surface area contributed by atoms with Crippen molar-refractivity contribution in [1.82, 2.24) is 29.7 Å². The molecule has 3 fully saturated rings. The van der Waals surface area contributed by atoms with Gasteiger partial charge in [0.15, 0.2) is 5.65 Å². The lowest BCUT2D eigenvalue weighted by Crippen LogP contribution is -2.16. The molecule has 0 aromatic carbocycles. The fraction of sp³-hybridized carbons (Fsp3) is 0.654. The van der Waals surface area contributed by atoms with Gasteiger partial charge in [-0.2, -0.15) is 5.10 Å². The molecule has 4 heterocycles. The monoisotopic (exact) mass is 466 g/mol. The van der Waals surface area contributed by atoms with Crippen LogP contribution in [-0.4, -0.2) is 43.0 Å². The molecule has 0 bridgehead atoms. The SMILES string of the molecule is Cc1nc2ncnc(C3CCC(CF)CC3)c2nc1C.c1nn(C2CC2)cc1C1CCCCO1. The number of halogens is 1. The number of hydrogen-bond donors (Lipinski definition) is 0. The zero-order chi connectivity index (χ0) is 23.5. The Balaban J connectivity index is 0.000000150. The molecule has 34 heavy (non-hydrogen) atoms. The molecule has 1 atom stereocenters. The number of aromatic nitrogens is 6. The average Bonchev–Trinajstić information content (AvgIpc) is 3.62. The predicted molar refractivity (Wildman–Crippen MR) is 128 cm³/mol. The van der Waals surface area contributed by atoms with Gasteiger partial charge in [-0.3, -0.25) is 9.07 Å². The molecule has 2 aliphatic carbocycles. The van der Waals surface area contributed by atoms with Crippen LogP contribution < -0.4 is 0 Å². The zero-order valence-electron chi connectivity index (χ0n) is 20.3. The van der Waals surface area contributed by atoms with Crippen LogP contribution in [0.5, 0.6) is 0 Å². The first-order chi connectivity index (χ1) is 16.6. The van der Waals surface area contributed by atoms with Gasteiger partial charge in [0.25, 0.3) is 0 Å². The van der Waals surface area contributed by atoms with Crippen LogP contribution in [0.25, 0.3) is 11.2 Å². The summed E-state index contributed by atoms with van der Waals surface area (Å²) in [6, 6.07) is 0.687. The summed E-state index contributed by atoms with van der Waals surface area (Å²) < 4.78 is 20.5. The molecule has 0 N–H and O–H groups in total. The number of hydrogen-bond acceptors (Lipinski definition) is 6. The fourth-order valence-electron chi connectivity index (χ4n) is 5.01. The van der Waals surface area contributed by atoms with E-state index in [4.69, 9.17) is 4.74 Å². The van der Waals surface area contributed by atoms with Gasteiger partial charge in [0, 0.05) is 24.3 Å². The first-order valence-corrected chi connectivity index (χ1v) is 12.8.